The summed E-state index contributed by atoms with van der Waals surface area (Å²) < 4.78 is 5.52. The molecule has 0 radical (unpaired) electrons. The minimum Gasteiger partial charge on any atom is -0.492 e. The van der Waals surface area contributed by atoms with Gasteiger partial charge in [0.2, 0.25) is 0 Å². The molecule has 2 amide bonds. The van der Waals surface area contributed by atoms with Gasteiger partial charge in [-0.05, 0) is 37.8 Å². The number of aliphatic hydroxyl groups excluding tert-OH is 1. The number of hydrogen-bond acceptors (Lipinski definition) is 3. The molecular weight excluding hydrogens is 292 g/mol. The van der Waals surface area contributed by atoms with Gasteiger partial charge in [0.1, 0.15) is 5.75 Å². The number of aliphatic hydroxyl groups is 1. The molecule has 0 aliphatic heterocycles. The summed E-state index contributed by atoms with van der Waals surface area (Å²) in [4.78, 5) is 11.4. The first-order valence-corrected chi connectivity index (χ1v) is 7.61. The second-order valence-corrected chi connectivity index (χ2v) is 5.01. The lowest BCUT2D eigenvalue weighted by atomic mass is 10.2. The Kier molecular flexibility index (Phi) is 9.40. The van der Waals surface area contributed by atoms with Crippen LogP contribution in [-0.4, -0.2) is 37.4 Å². The second-order valence-electron chi connectivity index (χ2n) is 4.60. The maximum atomic E-state index is 11.4. The average Bonchev–Trinajstić information content (AvgIpc) is 2.48. The zero-order chi connectivity index (χ0) is 15.3. The summed E-state index contributed by atoms with van der Waals surface area (Å²) in [6.07, 6.45) is 3.29. The number of nitrogens with one attached hydrogen (secondary N) is 2. The van der Waals surface area contributed by atoms with Gasteiger partial charge in [-0.25, -0.2) is 4.79 Å². The smallest absolute Gasteiger partial charge is 0.314 e. The number of amides is 2. The number of hydrogen-bond donors (Lipinski definition) is 3. The van der Waals surface area contributed by atoms with Crippen LogP contribution in [0.1, 0.15) is 25.7 Å². The summed E-state index contributed by atoms with van der Waals surface area (Å²) in [5, 5.41) is 14.7. The number of para-hydroxylation sites is 1. The van der Waals surface area contributed by atoms with E-state index in [1.807, 2.05) is 18.2 Å². The molecular formula is C15H23ClN2O3. The largest absolute Gasteiger partial charge is 0.492 e. The highest BCUT2D eigenvalue weighted by atomic mass is 35.5. The second kappa shape index (κ2) is 11.2. The molecule has 0 saturated heterocycles. The van der Waals surface area contributed by atoms with Crippen molar-refractivity contribution in [2.24, 2.45) is 0 Å². The number of benzene rings is 1. The molecule has 0 fully saturated rings. The van der Waals surface area contributed by atoms with Gasteiger partial charge in [0, 0.05) is 19.7 Å². The van der Waals surface area contributed by atoms with Crippen molar-refractivity contribution in [3.8, 4) is 5.75 Å². The Hall–Kier alpha value is -1.46. The minimum absolute atomic E-state index is 0.170. The van der Waals surface area contributed by atoms with E-state index in [0.717, 1.165) is 19.3 Å². The molecule has 3 N–H and O–H groups in total. The molecule has 0 saturated carbocycles. The first-order valence-electron chi connectivity index (χ1n) is 7.24. The van der Waals surface area contributed by atoms with Crippen molar-refractivity contribution >= 4 is 17.6 Å². The third-order valence-corrected chi connectivity index (χ3v) is 3.13. The number of carbonyl (C=O) groups excluding carboxylic acids is 1. The van der Waals surface area contributed by atoms with E-state index in [1.165, 1.54) is 0 Å². The lowest BCUT2D eigenvalue weighted by Gasteiger charge is -2.09. The molecule has 0 aliphatic rings. The van der Waals surface area contributed by atoms with Crippen LogP contribution in [0.15, 0.2) is 24.3 Å². The molecule has 0 heterocycles. The van der Waals surface area contributed by atoms with Gasteiger partial charge in [0.25, 0.3) is 0 Å². The van der Waals surface area contributed by atoms with Gasteiger partial charge >= 0.3 is 6.03 Å². The molecule has 1 aromatic rings. The summed E-state index contributed by atoms with van der Waals surface area (Å²) in [5.74, 6) is 0.660. The monoisotopic (exact) mass is 314 g/mol. The molecule has 0 aliphatic carbocycles. The third kappa shape index (κ3) is 8.42. The Morgan fingerprint density at radius 3 is 2.52 bits per heavy atom. The minimum atomic E-state index is -0.170. The van der Waals surface area contributed by atoms with E-state index in [2.05, 4.69) is 10.6 Å². The molecule has 0 spiro atoms. The molecule has 0 unspecified atom stereocenters. The standard InChI is InChI=1S/C15H23ClN2O3/c16-13-7-2-3-8-14(13)21-12-6-10-18-15(20)17-9-4-1-5-11-19/h2-3,7-8,19H,1,4-6,9-12H2,(H2,17,18,20). The predicted octanol–water partition coefficient (Wildman–Crippen LogP) is 2.57. The van der Waals surface area contributed by atoms with Gasteiger partial charge in [-0.15, -0.1) is 0 Å². The van der Waals surface area contributed by atoms with Crippen LogP contribution in [0, 0.1) is 0 Å². The molecule has 5 nitrogen and oxygen atoms in total. The summed E-state index contributed by atoms with van der Waals surface area (Å²) in [7, 11) is 0. The fraction of sp³-hybridized carbons (Fsp3) is 0.533. The Bertz CT molecular complexity index is 416. The molecule has 118 valence electrons. The molecule has 0 bridgehead atoms. The van der Waals surface area contributed by atoms with Crippen molar-refractivity contribution < 1.29 is 14.6 Å². The van der Waals surface area contributed by atoms with Gasteiger partial charge < -0.3 is 20.5 Å². The first-order chi connectivity index (χ1) is 10.2. The van der Waals surface area contributed by atoms with Crippen molar-refractivity contribution in [3.63, 3.8) is 0 Å². The Morgan fingerprint density at radius 1 is 1.10 bits per heavy atom. The highest BCUT2D eigenvalue weighted by Gasteiger charge is 2.01. The van der Waals surface area contributed by atoms with E-state index in [1.54, 1.807) is 6.07 Å². The van der Waals surface area contributed by atoms with E-state index in [0.29, 0.717) is 36.9 Å². The third-order valence-electron chi connectivity index (χ3n) is 2.82. The lowest BCUT2D eigenvalue weighted by Crippen LogP contribution is -2.36. The Labute approximate surface area is 130 Å². The summed E-state index contributed by atoms with van der Waals surface area (Å²) in [5.41, 5.74) is 0. The van der Waals surface area contributed by atoms with Gasteiger partial charge in [-0.2, -0.15) is 0 Å². The van der Waals surface area contributed by atoms with Crippen molar-refractivity contribution in [3.05, 3.63) is 29.3 Å². The number of unbranched alkanes of at least 4 members (excludes halogenated alkanes) is 2. The van der Waals surface area contributed by atoms with E-state index in [9.17, 15) is 4.79 Å². The van der Waals surface area contributed by atoms with E-state index >= 15 is 0 Å². The highest BCUT2D eigenvalue weighted by Crippen LogP contribution is 2.22. The van der Waals surface area contributed by atoms with Crippen LogP contribution in [0.5, 0.6) is 5.75 Å². The quantitative estimate of drug-likeness (QED) is 0.581. The predicted molar refractivity (Wildman–Crippen MR) is 83.9 cm³/mol. The first kappa shape index (κ1) is 17.6. The average molecular weight is 315 g/mol. The van der Waals surface area contributed by atoms with Crippen LogP contribution in [0.3, 0.4) is 0 Å². The van der Waals surface area contributed by atoms with Crippen LogP contribution >= 0.6 is 11.6 Å². The molecule has 0 atom stereocenters. The zero-order valence-electron chi connectivity index (χ0n) is 12.1. The number of carbonyl (C=O) groups is 1. The molecule has 1 aromatic carbocycles. The van der Waals surface area contributed by atoms with Gasteiger partial charge in [0.05, 0.1) is 11.6 Å². The van der Waals surface area contributed by atoms with E-state index in [4.69, 9.17) is 21.4 Å². The van der Waals surface area contributed by atoms with E-state index < -0.39 is 0 Å². The number of halogens is 1. The van der Waals surface area contributed by atoms with Crippen LogP contribution in [-0.2, 0) is 0 Å². The Balaban J connectivity index is 1.99. The van der Waals surface area contributed by atoms with Crippen molar-refractivity contribution in [2.45, 2.75) is 25.7 Å². The van der Waals surface area contributed by atoms with Crippen molar-refractivity contribution in [1.82, 2.24) is 10.6 Å². The van der Waals surface area contributed by atoms with E-state index in [-0.39, 0.29) is 12.6 Å². The number of ether oxygens (including phenoxy) is 1. The Morgan fingerprint density at radius 2 is 1.81 bits per heavy atom. The van der Waals surface area contributed by atoms with Crippen LogP contribution < -0.4 is 15.4 Å². The van der Waals surface area contributed by atoms with Crippen LogP contribution in [0.4, 0.5) is 4.79 Å². The summed E-state index contributed by atoms with van der Waals surface area (Å²) in [6, 6.07) is 7.14. The fourth-order valence-corrected chi connectivity index (χ4v) is 1.89. The van der Waals surface area contributed by atoms with Gasteiger partial charge in [0.15, 0.2) is 0 Å². The summed E-state index contributed by atoms with van der Waals surface area (Å²) >= 11 is 5.96. The van der Waals surface area contributed by atoms with Gasteiger partial charge in [-0.3, -0.25) is 0 Å². The van der Waals surface area contributed by atoms with Crippen LogP contribution in [0.2, 0.25) is 5.02 Å². The zero-order valence-corrected chi connectivity index (χ0v) is 12.9. The summed E-state index contributed by atoms with van der Waals surface area (Å²) in [6.45, 7) is 1.88. The topological polar surface area (TPSA) is 70.6 Å². The normalized spacial score (nSPS) is 10.2. The maximum absolute atomic E-state index is 11.4. The molecule has 0 aromatic heterocycles. The van der Waals surface area contributed by atoms with Crippen molar-refractivity contribution in [2.75, 3.05) is 26.3 Å². The molecule has 1 rings (SSSR count). The molecule has 21 heavy (non-hydrogen) atoms. The fourth-order valence-electron chi connectivity index (χ4n) is 1.70. The van der Waals surface area contributed by atoms with Gasteiger partial charge in [-0.1, -0.05) is 23.7 Å². The highest BCUT2D eigenvalue weighted by molar-refractivity contribution is 6.32. The maximum Gasteiger partial charge on any atom is 0.314 e. The number of urea groups is 1. The van der Waals surface area contributed by atoms with Crippen LogP contribution in [0.25, 0.3) is 0 Å². The molecule has 6 heteroatoms. The van der Waals surface area contributed by atoms with Crippen molar-refractivity contribution in [1.29, 1.82) is 0 Å². The SMILES string of the molecule is O=C(NCCCCCO)NCCCOc1ccccc1Cl. The number of rotatable bonds is 10. The lowest BCUT2D eigenvalue weighted by molar-refractivity contribution is 0.238.